The van der Waals surface area contributed by atoms with E-state index in [2.05, 4.69) is 6.92 Å². The van der Waals surface area contributed by atoms with Crippen LogP contribution >= 0.6 is 0 Å². The predicted molar refractivity (Wildman–Crippen MR) is 80.1 cm³/mol. The quantitative estimate of drug-likeness (QED) is 0.651. The highest BCUT2D eigenvalue weighted by atomic mass is 16.5. The topological polar surface area (TPSA) is 26.3 Å². The molecule has 0 aromatic heterocycles. The van der Waals surface area contributed by atoms with Gasteiger partial charge >= 0.3 is 5.97 Å². The van der Waals surface area contributed by atoms with Crippen molar-refractivity contribution in [2.24, 2.45) is 11.8 Å². The first kappa shape index (κ1) is 16.5. The van der Waals surface area contributed by atoms with Crippen LogP contribution < -0.4 is 0 Å². The summed E-state index contributed by atoms with van der Waals surface area (Å²) in [7, 11) is 0. The lowest BCUT2D eigenvalue weighted by Gasteiger charge is -2.25. The van der Waals surface area contributed by atoms with E-state index in [1.165, 1.54) is 57.8 Å². The van der Waals surface area contributed by atoms with Crippen molar-refractivity contribution in [2.45, 2.75) is 91.1 Å². The van der Waals surface area contributed by atoms with Crippen molar-refractivity contribution >= 4 is 5.97 Å². The smallest absolute Gasteiger partial charge is 0.308 e. The SMILES string of the molecule is CC(C)C(=O)OC1CCCCCCCCCC[C@H]1C. The maximum Gasteiger partial charge on any atom is 0.308 e. The zero-order valence-corrected chi connectivity index (χ0v) is 13.1. The molecule has 0 aromatic carbocycles. The van der Waals surface area contributed by atoms with Crippen LogP contribution in [0.25, 0.3) is 0 Å². The summed E-state index contributed by atoms with van der Waals surface area (Å²) in [6.45, 7) is 6.09. The Morgan fingerprint density at radius 1 is 0.895 bits per heavy atom. The zero-order valence-electron chi connectivity index (χ0n) is 13.1. The fourth-order valence-electron chi connectivity index (χ4n) is 2.80. The number of rotatable bonds is 2. The Morgan fingerprint density at radius 2 is 1.37 bits per heavy atom. The van der Waals surface area contributed by atoms with Gasteiger partial charge < -0.3 is 4.74 Å². The summed E-state index contributed by atoms with van der Waals surface area (Å²) in [5.41, 5.74) is 0. The molecular weight excluding hydrogens is 236 g/mol. The summed E-state index contributed by atoms with van der Waals surface area (Å²) in [5, 5.41) is 0. The molecule has 0 spiro atoms. The second kappa shape index (κ2) is 9.39. The van der Waals surface area contributed by atoms with Crippen LogP contribution in [0, 0.1) is 11.8 Å². The molecule has 1 fully saturated rings. The Bertz CT molecular complexity index is 248. The van der Waals surface area contributed by atoms with E-state index >= 15 is 0 Å². The molecule has 0 amide bonds. The lowest BCUT2D eigenvalue weighted by molar-refractivity contribution is -0.156. The molecule has 1 rings (SSSR count). The van der Waals surface area contributed by atoms with Crippen LogP contribution in [0.3, 0.4) is 0 Å². The molecule has 0 radical (unpaired) electrons. The standard InChI is InChI=1S/C17H32O2/c1-14(2)17(18)19-16-13-11-9-7-5-4-6-8-10-12-15(16)3/h14-16H,4-13H2,1-3H3/t15-,16?/m1/s1. The molecule has 1 aliphatic rings. The van der Waals surface area contributed by atoms with Gasteiger partial charge in [-0.3, -0.25) is 4.79 Å². The van der Waals surface area contributed by atoms with Crippen molar-refractivity contribution in [3.63, 3.8) is 0 Å². The molecule has 0 bridgehead atoms. The fourth-order valence-corrected chi connectivity index (χ4v) is 2.80. The summed E-state index contributed by atoms with van der Waals surface area (Å²) in [5.74, 6) is 0.486. The second-order valence-electron chi connectivity index (χ2n) is 6.51. The van der Waals surface area contributed by atoms with Gasteiger partial charge in [0.2, 0.25) is 0 Å². The first-order valence-corrected chi connectivity index (χ1v) is 8.31. The van der Waals surface area contributed by atoms with Crippen LogP contribution in [0.5, 0.6) is 0 Å². The molecule has 1 aliphatic carbocycles. The third kappa shape index (κ3) is 6.98. The van der Waals surface area contributed by atoms with Gasteiger partial charge in [0.1, 0.15) is 6.10 Å². The molecule has 1 saturated carbocycles. The van der Waals surface area contributed by atoms with E-state index in [4.69, 9.17) is 4.74 Å². The molecule has 0 aliphatic heterocycles. The van der Waals surface area contributed by atoms with E-state index in [0.717, 1.165) is 6.42 Å². The molecule has 2 heteroatoms. The first-order valence-electron chi connectivity index (χ1n) is 8.31. The molecule has 1 unspecified atom stereocenters. The fraction of sp³-hybridized carbons (Fsp3) is 0.941. The number of hydrogen-bond acceptors (Lipinski definition) is 2. The van der Waals surface area contributed by atoms with Crippen LogP contribution in [-0.4, -0.2) is 12.1 Å². The van der Waals surface area contributed by atoms with E-state index < -0.39 is 0 Å². The van der Waals surface area contributed by atoms with Gasteiger partial charge in [0.25, 0.3) is 0 Å². The van der Waals surface area contributed by atoms with Gasteiger partial charge in [0.05, 0.1) is 5.92 Å². The first-order chi connectivity index (χ1) is 9.11. The van der Waals surface area contributed by atoms with Crippen LogP contribution in [-0.2, 0) is 9.53 Å². The average Bonchev–Trinajstić information content (AvgIpc) is 2.37. The summed E-state index contributed by atoms with van der Waals surface area (Å²) in [6.07, 6.45) is 13.0. The third-order valence-electron chi connectivity index (χ3n) is 4.27. The van der Waals surface area contributed by atoms with Crippen molar-refractivity contribution in [1.29, 1.82) is 0 Å². The maximum atomic E-state index is 11.8. The average molecular weight is 268 g/mol. The Balaban J connectivity index is 2.48. The number of hydrogen-bond donors (Lipinski definition) is 0. The lowest BCUT2D eigenvalue weighted by atomic mass is 9.91. The molecule has 2 atom stereocenters. The Labute approximate surface area is 119 Å². The van der Waals surface area contributed by atoms with Gasteiger partial charge in [-0.25, -0.2) is 0 Å². The summed E-state index contributed by atoms with van der Waals surface area (Å²) in [4.78, 5) is 11.8. The van der Waals surface area contributed by atoms with E-state index in [-0.39, 0.29) is 18.0 Å². The van der Waals surface area contributed by atoms with Gasteiger partial charge in [-0.1, -0.05) is 65.7 Å². The van der Waals surface area contributed by atoms with Crippen molar-refractivity contribution in [1.82, 2.24) is 0 Å². The number of carbonyl (C=O) groups is 1. The Hall–Kier alpha value is -0.530. The number of ether oxygens (including phenoxy) is 1. The maximum absolute atomic E-state index is 11.8. The second-order valence-corrected chi connectivity index (χ2v) is 6.51. The molecule has 19 heavy (non-hydrogen) atoms. The minimum Gasteiger partial charge on any atom is -0.462 e. The summed E-state index contributed by atoms with van der Waals surface area (Å²) < 4.78 is 5.73. The van der Waals surface area contributed by atoms with E-state index in [9.17, 15) is 4.79 Å². The summed E-state index contributed by atoms with van der Waals surface area (Å²) in [6, 6.07) is 0. The predicted octanol–water partition coefficient (Wildman–Crippen LogP) is 5.10. The minimum atomic E-state index is -0.0241. The Morgan fingerprint density at radius 3 is 1.89 bits per heavy atom. The highest BCUT2D eigenvalue weighted by Crippen LogP contribution is 2.24. The van der Waals surface area contributed by atoms with Crippen molar-refractivity contribution in [3.05, 3.63) is 0 Å². The largest absolute Gasteiger partial charge is 0.462 e. The molecule has 0 saturated heterocycles. The molecule has 2 nitrogen and oxygen atoms in total. The lowest BCUT2D eigenvalue weighted by Crippen LogP contribution is -2.27. The summed E-state index contributed by atoms with van der Waals surface area (Å²) >= 11 is 0. The normalized spacial score (nSPS) is 27.4. The Kier molecular flexibility index (Phi) is 8.16. The van der Waals surface area contributed by atoms with Gasteiger partial charge in [0, 0.05) is 0 Å². The van der Waals surface area contributed by atoms with Gasteiger partial charge in [-0.2, -0.15) is 0 Å². The van der Waals surface area contributed by atoms with Crippen LogP contribution in [0.15, 0.2) is 0 Å². The monoisotopic (exact) mass is 268 g/mol. The highest BCUT2D eigenvalue weighted by molar-refractivity contribution is 5.71. The molecule has 0 aromatic rings. The highest BCUT2D eigenvalue weighted by Gasteiger charge is 2.22. The van der Waals surface area contributed by atoms with Crippen LogP contribution in [0.1, 0.15) is 85.0 Å². The molecule has 0 N–H and O–H groups in total. The van der Waals surface area contributed by atoms with Crippen LogP contribution in [0.2, 0.25) is 0 Å². The van der Waals surface area contributed by atoms with Crippen molar-refractivity contribution in [2.75, 3.05) is 0 Å². The number of esters is 1. The number of carbonyl (C=O) groups excluding carboxylic acids is 1. The van der Waals surface area contributed by atoms with E-state index in [1.54, 1.807) is 0 Å². The molecule has 112 valence electrons. The van der Waals surface area contributed by atoms with Crippen molar-refractivity contribution < 1.29 is 9.53 Å². The van der Waals surface area contributed by atoms with Gasteiger partial charge in [0.15, 0.2) is 0 Å². The van der Waals surface area contributed by atoms with Gasteiger partial charge in [-0.15, -0.1) is 0 Å². The molecular formula is C17H32O2. The minimum absolute atomic E-state index is 0.00594. The van der Waals surface area contributed by atoms with Crippen LogP contribution in [0.4, 0.5) is 0 Å². The molecule has 0 heterocycles. The van der Waals surface area contributed by atoms with E-state index in [1.807, 2.05) is 13.8 Å². The van der Waals surface area contributed by atoms with Gasteiger partial charge in [-0.05, 0) is 25.2 Å². The zero-order chi connectivity index (χ0) is 14.1. The van der Waals surface area contributed by atoms with E-state index in [0.29, 0.717) is 5.92 Å². The third-order valence-corrected chi connectivity index (χ3v) is 4.27. The van der Waals surface area contributed by atoms with Crippen molar-refractivity contribution in [3.8, 4) is 0 Å².